The molecule has 0 aliphatic carbocycles. The quantitative estimate of drug-likeness (QED) is 0.465. The Bertz CT molecular complexity index is 995. The maximum atomic E-state index is 13.5. The Morgan fingerprint density at radius 1 is 0.906 bits per heavy atom. The number of halogens is 1. The van der Waals surface area contributed by atoms with E-state index in [1.165, 1.54) is 0 Å². The zero-order valence-electron chi connectivity index (χ0n) is 18.0. The molecule has 3 aromatic rings. The van der Waals surface area contributed by atoms with Crippen LogP contribution >= 0.6 is 11.6 Å². The van der Waals surface area contributed by atoms with Crippen molar-refractivity contribution in [1.29, 1.82) is 0 Å². The number of nitrogens with one attached hydrogen (secondary N) is 1. The first-order valence-electron chi connectivity index (χ1n) is 10.5. The van der Waals surface area contributed by atoms with Gasteiger partial charge in [-0.2, -0.15) is 0 Å². The van der Waals surface area contributed by atoms with Crippen LogP contribution in [0.3, 0.4) is 0 Å². The standard InChI is InChI=1S/C26H27ClN2O3/c1-32-17-16-28-26(31)25(22-10-6-3-7-11-22)29(19-21-12-14-23(27)15-13-21)24(30)18-20-8-4-2-5-9-20/h2-15,25H,16-19H2,1H3,(H,28,31)/t25-/m0/s1. The molecular formula is C26H27ClN2O3. The van der Waals surface area contributed by atoms with Gasteiger partial charge in [0.2, 0.25) is 11.8 Å². The summed E-state index contributed by atoms with van der Waals surface area (Å²) in [6.07, 6.45) is 0.198. The molecule has 1 N–H and O–H groups in total. The Labute approximate surface area is 194 Å². The Kier molecular flexibility index (Phi) is 8.84. The summed E-state index contributed by atoms with van der Waals surface area (Å²) in [7, 11) is 1.58. The minimum atomic E-state index is -0.778. The average Bonchev–Trinajstić information content (AvgIpc) is 2.81. The molecule has 0 bridgehead atoms. The van der Waals surface area contributed by atoms with Crippen molar-refractivity contribution < 1.29 is 14.3 Å². The Balaban J connectivity index is 1.96. The second-order valence-electron chi connectivity index (χ2n) is 7.41. The normalized spacial score (nSPS) is 11.6. The first-order valence-corrected chi connectivity index (χ1v) is 10.9. The third kappa shape index (κ3) is 6.67. The van der Waals surface area contributed by atoms with Crippen LogP contribution in [0.15, 0.2) is 84.9 Å². The number of hydrogen-bond acceptors (Lipinski definition) is 3. The molecule has 0 fully saturated rings. The van der Waals surface area contributed by atoms with E-state index in [0.29, 0.717) is 18.2 Å². The lowest BCUT2D eigenvalue weighted by Crippen LogP contribution is -2.44. The van der Waals surface area contributed by atoms with Crippen LogP contribution in [-0.2, 0) is 27.3 Å². The van der Waals surface area contributed by atoms with Crippen molar-refractivity contribution in [1.82, 2.24) is 10.2 Å². The van der Waals surface area contributed by atoms with Gasteiger partial charge in [-0.05, 0) is 28.8 Å². The van der Waals surface area contributed by atoms with Gasteiger partial charge in [0, 0.05) is 25.2 Å². The van der Waals surface area contributed by atoms with Crippen LogP contribution < -0.4 is 5.32 Å². The number of nitrogens with zero attached hydrogens (tertiary/aromatic N) is 1. The maximum Gasteiger partial charge on any atom is 0.247 e. The largest absolute Gasteiger partial charge is 0.383 e. The highest BCUT2D eigenvalue weighted by molar-refractivity contribution is 6.30. The number of methoxy groups -OCH3 is 1. The molecule has 0 aliphatic rings. The van der Waals surface area contributed by atoms with Crippen LogP contribution in [0.25, 0.3) is 0 Å². The van der Waals surface area contributed by atoms with Gasteiger partial charge in [-0.1, -0.05) is 84.4 Å². The summed E-state index contributed by atoms with van der Waals surface area (Å²) >= 11 is 6.04. The molecule has 0 saturated heterocycles. The monoisotopic (exact) mass is 450 g/mol. The highest BCUT2D eigenvalue weighted by Gasteiger charge is 2.31. The molecule has 32 heavy (non-hydrogen) atoms. The van der Waals surface area contributed by atoms with Gasteiger partial charge in [0.15, 0.2) is 0 Å². The molecule has 0 aliphatic heterocycles. The summed E-state index contributed by atoms with van der Waals surface area (Å²) in [5, 5.41) is 3.52. The number of carbonyl (C=O) groups is 2. The van der Waals surface area contributed by atoms with Gasteiger partial charge in [-0.3, -0.25) is 9.59 Å². The summed E-state index contributed by atoms with van der Waals surface area (Å²) in [6, 6.07) is 25.4. The minimum Gasteiger partial charge on any atom is -0.383 e. The Morgan fingerprint density at radius 3 is 2.16 bits per heavy atom. The van der Waals surface area contributed by atoms with E-state index in [-0.39, 0.29) is 24.8 Å². The lowest BCUT2D eigenvalue weighted by molar-refractivity contribution is -0.141. The van der Waals surface area contributed by atoms with E-state index in [1.807, 2.05) is 72.8 Å². The van der Waals surface area contributed by atoms with Gasteiger partial charge in [-0.15, -0.1) is 0 Å². The molecule has 2 amide bonds. The number of carbonyl (C=O) groups excluding carboxylic acids is 2. The lowest BCUT2D eigenvalue weighted by atomic mass is 10.0. The molecule has 5 nitrogen and oxygen atoms in total. The van der Waals surface area contributed by atoms with Gasteiger partial charge in [0.05, 0.1) is 13.0 Å². The summed E-state index contributed by atoms with van der Waals surface area (Å²) in [5.74, 6) is -0.384. The van der Waals surface area contributed by atoms with Crippen LogP contribution in [0, 0.1) is 0 Å². The van der Waals surface area contributed by atoms with E-state index in [4.69, 9.17) is 16.3 Å². The van der Waals surface area contributed by atoms with Crippen molar-refractivity contribution in [2.45, 2.75) is 19.0 Å². The second-order valence-corrected chi connectivity index (χ2v) is 7.84. The third-order valence-electron chi connectivity index (χ3n) is 5.07. The molecule has 166 valence electrons. The van der Waals surface area contributed by atoms with Gasteiger partial charge in [-0.25, -0.2) is 0 Å². The van der Waals surface area contributed by atoms with E-state index < -0.39 is 6.04 Å². The van der Waals surface area contributed by atoms with E-state index in [1.54, 1.807) is 24.1 Å². The molecule has 0 aromatic heterocycles. The molecule has 6 heteroatoms. The predicted octanol–water partition coefficient (Wildman–Crippen LogP) is 4.42. The molecule has 0 unspecified atom stereocenters. The number of amides is 2. The highest BCUT2D eigenvalue weighted by Crippen LogP contribution is 2.25. The highest BCUT2D eigenvalue weighted by atomic mass is 35.5. The fourth-order valence-corrected chi connectivity index (χ4v) is 3.59. The van der Waals surface area contributed by atoms with Crippen molar-refractivity contribution in [3.05, 3.63) is 107 Å². The van der Waals surface area contributed by atoms with Crippen molar-refractivity contribution in [3.63, 3.8) is 0 Å². The van der Waals surface area contributed by atoms with Crippen molar-refractivity contribution in [3.8, 4) is 0 Å². The van der Waals surface area contributed by atoms with Crippen LogP contribution in [0.5, 0.6) is 0 Å². The van der Waals surface area contributed by atoms with Gasteiger partial charge >= 0.3 is 0 Å². The molecule has 0 radical (unpaired) electrons. The molecule has 0 spiro atoms. The second kappa shape index (κ2) is 12.0. The molecule has 3 rings (SSSR count). The summed E-state index contributed by atoms with van der Waals surface area (Å²) < 4.78 is 5.06. The summed E-state index contributed by atoms with van der Waals surface area (Å²) in [5.41, 5.74) is 2.53. The first-order chi connectivity index (χ1) is 15.6. The van der Waals surface area contributed by atoms with Crippen LogP contribution in [-0.4, -0.2) is 37.0 Å². The Hall–Kier alpha value is -3.15. The van der Waals surface area contributed by atoms with Gasteiger partial charge in [0.1, 0.15) is 6.04 Å². The topological polar surface area (TPSA) is 58.6 Å². The fourth-order valence-electron chi connectivity index (χ4n) is 3.46. The molecule has 0 saturated carbocycles. The van der Waals surface area contributed by atoms with Crippen LogP contribution in [0.1, 0.15) is 22.7 Å². The van der Waals surface area contributed by atoms with Crippen molar-refractivity contribution >= 4 is 23.4 Å². The van der Waals surface area contributed by atoms with Crippen molar-refractivity contribution in [2.75, 3.05) is 20.3 Å². The number of ether oxygens (including phenoxy) is 1. The smallest absolute Gasteiger partial charge is 0.247 e. The fraction of sp³-hybridized carbons (Fsp3) is 0.231. The van der Waals surface area contributed by atoms with E-state index in [9.17, 15) is 9.59 Å². The number of hydrogen-bond donors (Lipinski definition) is 1. The summed E-state index contributed by atoms with van der Waals surface area (Å²) in [4.78, 5) is 28.4. The third-order valence-corrected chi connectivity index (χ3v) is 5.32. The van der Waals surface area contributed by atoms with E-state index in [0.717, 1.165) is 16.7 Å². The SMILES string of the molecule is COCCNC(=O)[C@H](c1ccccc1)N(Cc1ccc(Cl)cc1)C(=O)Cc1ccccc1. The maximum absolute atomic E-state index is 13.5. The Morgan fingerprint density at radius 2 is 1.53 bits per heavy atom. The minimum absolute atomic E-state index is 0.137. The lowest BCUT2D eigenvalue weighted by Gasteiger charge is -2.32. The molecular weight excluding hydrogens is 424 g/mol. The van der Waals surface area contributed by atoms with Crippen LogP contribution in [0.4, 0.5) is 0 Å². The van der Waals surface area contributed by atoms with Gasteiger partial charge < -0.3 is 15.0 Å². The molecule has 0 heterocycles. The zero-order chi connectivity index (χ0) is 22.8. The van der Waals surface area contributed by atoms with E-state index >= 15 is 0 Å². The predicted molar refractivity (Wildman–Crippen MR) is 126 cm³/mol. The van der Waals surface area contributed by atoms with E-state index in [2.05, 4.69) is 5.32 Å². The number of rotatable bonds is 10. The van der Waals surface area contributed by atoms with Crippen molar-refractivity contribution in [2.24, 2.45) is 0 Å². The van der Waals surface area contributed by atoms with Crippen LogP contribution in [0.2, 0.25) is 5.02 Å². The molecule has 1 atom stereocenters. The van der Waals surface area contributed by atoms with Gasteiger partial charge in [0.25, 0.3) is 0 Å². The zero-order valence-corrected chi connectivity index (χ0v) is 18.8. The number of benzene rings is 3. The first kappa shape index (κ1) is 23.5. The average molecular weight is 451 g/mol. The molecule has 3 aromatic carbocycles. The summed E-state index contributed by atoms with van der Waals surface area (Å²) in [6.45, 7) is 1.03.